The second-order valence-corrected chi connectivity index (χ2v) is 15.1. The first-order valence-corrected chi connectivity index (χ1v) is 18.9. The van der Waals surface area contributed by atoms with E-state index in [0.29, 0.717) is 22.7 Å². The smallest absolute Gasteiger partial charge is 0.319 e. The lowest BCUT2D eigenvalue weighted by Gasteiger charge is -2.39. The molecule has 3 aromatic carbocycles. The van der Waals surface area contributed by atoms with Crippen LogP contribution >= 0.6 is 0 Å². The number of carboxylic acid groups (broad SMARTS) is 1. The molecule has 2 aliphatic rings. The Balaban J connectivity index is 1.36. The van der Waals surface area contributed by atoms with Gasteiger partial charge in [-0.3, -0.25) is 14.3 Å². The van der Waals surface area contributed by atoms with Gasteiger partial charge in [0.1, 0.15) is 4.90 Å². The molecule has 2 fully saturated rings. The zero-order valence-corrected chi connectivity index (χ0v) is 29.2. The number of sulfonamides is 1. The Labute approximate surface area is 289 Å². The maximum Gasteiger partial charge on any atom is 0.319 e. The Hall–Kier alpha value is -4.38. The van der Waals surface area contributed by atoms with Gasteiger partial charge in [0, 0.05) is 17.8 Å². The molecular formula is C38H48N4O6S. The van der Waals surface area contributed by atoms with E-state index in [1.165, 1.54) is 32.1 Å². The zero-order valence-electron chi connectivity index (χ0n) is 28.3. The minimum atomic E-state index is -4.05. The van der Waals surface area contributed by atoms with E-state index in [2.05, 4.69) is 20.7 Å². The monoisotopic (exact) mass is 688 g/mol. The number of urea groups is 1. The third-order valence-electron chi connectivity index (χ3n) is 10.3. The summed E-state index contributed by atoms with van der Waals surface area (Å²) in [7, 11) is -4.05. The van der Waals surface area contributed by atoms with Crippen molar-refractivity contribution in [2.24, 2.45) is 17.8 Å². The fourth-order valence-corrected chi connectivity index (χ4v) is 9.02. The number of nitrogens with one attached hydrogen (secondary N) is 4. The van der Waals surface area contributed by atoms with Crippen LogP contribution in [0.15, 0.2) is 71.6 Å². The SMILES string of the molecule is Cc1ccc(NC(=O)NC(c2ccc(C(=O)NCCC(=O)O)cc2)C2CCC(C3CCCCC3)CC2)c(S(=O)(=O)Nc2ccccc2)c1C. The number of carbonyl (C=O) groups excluding carboxylic acids is 2. The molecule has 2 saturated carbocycles. The maximum atomic E-state index is 13.8. The van der Waals surface area contributed by atoms with E-state index in [1.54, 1.807) is 61.5 Å². The van der Waals surface area contributed by atoms with E-state index >= 15 is 0 Å². The third kappa shape index (κ3) is 9.41. The van der Waals surface area contributed by atoms with Gasteiger partial charge in [-0.15, -0.1) is 0 Å². The van der Waals surface area contributed by atoms with Gasteiger partial charge in [-0.05, 0) is 104 Å². The van der Waals surface area contributed by atoms with Crippen LogP contribution < -0.4 is 20.7 Å². The topological polar surface area (TPSA) is 154 Å². The third-order valence-corrected chi connectivity index (χ3v) is 11.8. The highest BCUT2D eigenvalue weighted by molar-refractivity contribution is 7.93. The highest BCUT2D eigenvalue weighted by atomic mass is 32.2. The molecule has 5 rings (SSSR count). The predicted octanol–water partition coefficient (Wildman–Crippen LogP) is 7.56. The Morgan fingerprint density at radius 2 is 1.47 bits per heavy atom. The van der Waals surface area contributed by atoms with E-state index < -0.39 is 22.0 Å². The standard InChI is InChI=1S/C38H48N4O6S/c1-25-13-22-33(36(26(25)2)49(47,48)42-32-11-7-4-8-12-32)40-38(46)41-35(29-16-14-28(15-17-29)27-9-5-3-6-10-27)30-18-20-31(21-19-30)37(45)39-24-23-34(43)44/h4,7-8,11-13,18-22,27-29,35,42H,3,5-6,9-10,14-17,23-24H2,1-2H3,(H,39,45)(H,43,44)(H2,40,41,46). The number of rotatable bonds is 12. The predicted molar refractivity (Wildman–Crippen MR) is 191 cm³/mol. The highest BCUT2D eigenvalue weighted by Crippen LogP contribution is 2.43. The first kappa shape index (κ1) is 35.9. The van der Waals surface area contributed by atoms with Crippen LogP contribution in [0, 0.1) is 31.6 Å². The van der Waals surface area contributed by atoms with Crippen LogP contribution in [-0.4, -0.2) is 38.0 Å². The van der Waals surface area contributed by atoms with E-state index in [0.717, 1.165) is 42.7 Å². The quantitative estimate of drug-likeness (QED) is 0.132. The molecule has 1 atom stereocenters. The molecule has 5 N–H and O–H groups in total. The van der Waals surface area contributed by atoms with Crippen LogP contribution in [0.2, 0.25) is 0 Å². The maximum absolute atomic E-state index is 13.8. The van der Waals surface area contributed by atoms with Crippen LogP contribution in [0.3, 0.4) is 0 Å². The minimum absolute atomic E-state index is 0.00862. The summed E-state index contributed by atoms with van der Waals surface area (Å²) in [6.45, 7) is 3.59. The van der Waals surface area contributed by atoms with Crippen molar-refractivity contribution in [3.05, 3.63) is 89.0 Å². The number of carbonyl (C=O) groups is 3. The summed E-state index contributed by atoms with van der Waals surface area (Å²) in [4.78, 5) is 37.3. The molecule has 0 aromatic heterocycles. The Morgan fingerprint density at radius 1 is 0.816 bits per heavy atom. The molecule has 11 heteroatoms. The average Bonchev–Trinajstić information content (AvgIpc) is 3.09. The van der Waals surface area contributed by atoms with Gasteiger partial charge in [0.25, 0.3) is 15.9 Å². The van der Waals surface area contributed by atoms with Gasteiger partial charge in [0.2, 0.25) is 0 Å². The number of aliphatic carboxylic acids is 1. The van der Waals surface area contributed by atoms with Crippen molar-refractivity contribution >= 4 is 39.3 Å². The van der Waals surface area contributed by atoms with Gasteiger partial charge in [0.15, 0.2) is 0 Å². The molecule has 1 unspecified atom stereocenters. The number of carboxylic acids is 1. The molecule has 10 nitrogen and oxygen atoms in total. The molecule has 2 aliphatic carbocycles. The molecule has 0 radical (unpaired) electrons. The van der Waals surface area contributed by atoms with Crippen molar-refractivity contribution < 1.29 is 27.9 Å². The lowest BCUT2D eigenvalue weighted by molar-refractivity contribution is -0.136. The van der Waals surface area contributed by atoms with Crippen molar-refractivity contribution in [3.8, 4) is 0 Å². The number of para-hydroxylation sites is 1. The fourth-order valence-electron chi connectivity index (χ4n) is 7.50. The number of aryl methyl sites for hydroxylation is 1. The van der Waals surface area contributed by atoms with Gasteiger partial charge in [0.05, 0.1) is 18.2 Å². The van der Waals surface area contributed by atoms with Crippen molar-refractivity contribution in [1.29, 1.82) is 0 Å². The fraction of sp³-hybridized carbons (Fsp3) is 0.447. The van der Waals surface area contributed by atoms with Gasteiger partial charge in [-0.1, -0.05) is 68.5 Å². The van der Waals surface area contributed by atoms with Gasteiger partial charge in [-0.25, -0.2) is 13.2 Å². The zero-order chi connectivity index (χ0) is 35.0. The van der Waals surface area contributed by atoms with Gasteiger partial charge in [-0.2, -0.15) is 0 Å². The molecule has 0 aliphatic heterocycles. The number of benzene rings is 3. The number of amides is 3. The van der Waals surface area contributed by atoms with Crippen LogP contribution in [0.5, 0.6) is 0 Å². The average molecular weight is 689 g/mol. The van der Waals surface area contributed by atoms with Crippen molar-refractivity contribution in [3.63, 3.8) is 0 Å². The van der Waals surface area contributed by atoms with E-state index in [9.17, 15) is 22.8 Å². The number of anilines is 2. The minimum Gasteiger partial charge on any atom is -0.481 e. The molecule has 0 spiro atoms. The van der Waals surface area contributed by atoms with Gasteiger partial charge >= 0.3 is 12.0 Å². The molecule has 0 bridgehead atoms. The molecule has 0 heterocycles. The summed E-state index contributed by atoms with van der Waals surface area (Å²) in [6, 6.07) is 18.2. The van der Waals surface area contributed by atoms with E-state index in [1.807, 2.05) is 19.1 Å². The summed E-state index contributed by atoms with van der Waals surface area (Å²) in [5.41, 5.74) is 3.15. The van der Waals surface area contributed by atoms with Crippen LogP contribution in [0.4, 0.5) is 16.2 Å². The molecule has 49 heavy (non-hydrogen) atoms. The van der Waals surface area contributed by atoms with E-state index in [4.69, 9.17) is 5.11 Å². The summed E-state index contributed by atoms with van der Waals surface area (Å²) in [5, 5.41) is 17.5. The van der Waals surface area contributed by atoms with Gasteiger partial charge < -0.3 is 21.1 Å². The van der Waals surface area contributed by atoms with E-state index in [-0.39, 0.29) is 41.4 Å². The second kappa shape index (κ2) is 16.3. The van der Waals surface area contributed by atoms with Crippen LogP contribution in [-0.2, 0) is 14.8 Å². The molecule has 3 amide bonds. The van der Waals surface area contributed by atoms with Crippen LogP contribution in [0.25, 0.3) is 0 Å². The molecule has 3 aromatic rings. The lowest BCUT2D eigenvalue weighted by atomic mass is 9.69. The Morgan fingerprint density at radius 3 is 2.12 bits per heavy atom. The first-order valence-electron chi connectivity index (χ1n) is 17.4. The Kier molecular flexibility index (Phi) is 12.0. The first-order chi connectivity index (χ1) is 23.5. The van der Waals surface area contributed by atoms with Crippen molar-refractivity contribution in [1.82, 2.24) is 10.6 Å². The second-order valence-electron chi connectivity index (χ2n) is 13.5. The summed E-state index contributed by atoms with van der Waals surface area (Å²) >= 11 is 0. The van der Waals surface area contributed by atoms with Crippen LogP contribution in [0.1, 0.15) is 97.3 Å². The Bertz CT molecular complexity index is 1710. The molecule has 262 valence electrons. The molecular weight excluding hydrogens is 641 g/mol. The van der Waals surface area contributed by atoms with Crippen molar-refractivity contribution in [2.45, 2.75) is 89.0 Å². The summed E-state index contributed by atoms with van der Waals surface area (Å²) in [6.07, 6.45) is 10.5. The van der Waals surface area contributed by atoms with Crippen molar-refractivity contribution in [2.75, 3.05) is 16.6 Å². The largest absolute Gasteiger partial charge is 0.481 e. The lowest BCUT2D eigenvalue weighted by Crippen LogP contribution is -2.38. The molecule has 0 saturated heterocycles. The number of hydrogen-bond donors (Lipinski definition) is 5. The summed E-state index contributed by atoms with van der Waals surface area (Å²) < 4.78 is 30.0. The number of hydrogen-bond acceptors (Lipinski definition) is 5. The normalized spacial score (nSPS) is 19.0. The summed E-state index contributed by atoms with van der Waals surface area (Å²) in [5.74, 6) is 0.277. The highest BCUT2D eigenvalue weighted by Gasteiger charge is 2.34.